The van der Waals surface area contributed by atoms with E-state index in [4.69, 9.17) is 10.1 Å². The Bertz CT molecular complexity index is 1190. The lowest BCUT2D eigenvalue weighted by Gasteiger charge is -2.23. The molecule has 0 fully saturated rings. The van der Waals surface area contributed by atoms with Crippen LogP contribution in [0, 0.1) is 0 Å². The standard InChI is InChI=1S/C26H36N8/c1-7-9-10-23-27-25(18(3)8-2)33(30-23)17-19-11-13-20(14-12-19)34-21(24-28-31-32-29-24)15-16-22(34)26(4,5)6/h11-16,18H,7-10,17H2,1-6H3,(H,28,29,31,32). The van der Waals surface area contributed by atoms with Gasteiger partial charge in [0.05, 0.1) is 12.2 Å². The predicted molar refractivity (Wildman–Crippen MR) is 134 cm³/mol. The van der Waals surface area contributed by atoms with Crippen LogP contribution in [0.1, 0.15) is 89.6 Å². The number of nitrogens with one attached hydrogen (secondary N) is 1. The van der Waals surface area contributed by atoms with Gasteiger partial charge in [-0.2, -0.15) is 5.10 Å². The number of aromatic nitrogens is 8. The summed E-state index contributed by atoms with van der Waals surface area (Å²) >= 11 is 0. The molecule has 0 aliphatic heterocycles. The second kappa shape index (κ2) is 9.91. The van der Waals surface area contributed by atoms with E-state index >= 15 is 0 Å². The minimum Gasteiger partial charge on any atom is -0.310 e. The van der Waals surface area contributed by atoms with Crippen LogP contribution in [-0.2, 0) is 18.4 Å². The molecule has 1 unspecified atom stereocenters. The van der Waals surface area contributed by atoms with Crippen LogP contribution in [0.2, 0.25) is 0 Å². The van der Waals surface area contributed by atoms with E-state index in [0.29, 0.717) is 11.7 Å². The number of aryl methyl sites for hydroxylation is 1. The van der Waals surface area contributed by atoms with Crippen LogP contribution in [0.5, 0.6) is 0 Å². The molecule has 1 atom stereocenters. The summed E-state index contributed by atoms with van der Waals surface area (Å²) in [7, 11) is 0. The second-order valence-corrected chi connectivity index (χ2v) is 10.1. The molecule has 0 aliphatic rings. The van der Waals surface area contributed by atoms with Crippen molar-refractivity contribution in [2.45, 2.75) is 85.1 Å². The van der Waals surface area contributed by atoms with E-state index in [1.807, 2.05) is 0 Å². The van der Waals surface area contributed by atoms with E-state index in [0.717, 1.165) is 55.3 Å². The van der Waals surface area contributed by atoms with Crippen molar-refractivity contribution in [3.63, 3.8) is 0 Å². The lowest BCUT2D eigenvalue weighted by atomic mass is 9.92. The van der Waals surface area contributed by atoms with Gasteiger partial charge in [0.2, 0.25) is 0 Å². The van der Waals surface area contributed by atoms with Gasteiger partial charge in [0.25, 0.3) is 0 Å². The third kappa shape index (κ3) is 4.95. The Morgan fingerprint density at radius 3 is 2.41 bits per heavy atom. The molecule has 180 valence electrons. The van der Waals surface area contributed by atoms with E-state index in [1.54, 1.807) is 0 Å². The van der Waals surface area contributed by atoms with Gasteiger partial charge in [-0.05, 0) is 53.1 Å². The molecule has 4 aromatic rings. The molecular formula is C26H36N8. The Morgan fingerprint density at radius 1 is 1.03 bits per heavy atom. The van der Waals surface area contributed by atoms with Crippen LogP contribution >= 0.6 is 0 Å². The third-order valence-electron chi connectivity index (χ3n) is 6.32. The minimum atomic E-state index is -0.0365. The van der Waals surface area contributed by atoms with E-state index in [-0.39, 0.29) is 5.41 Å². The topological polar surface area (TPSA) is 90.1 Å². The first-order chi connectivity index (χ1) is 16.3. The summed E-state index contributed by atoms with van der Waals surface area (Å²) in [5, 5.41) is 19.4. The van der Waals surface area contributed by atoms with Crippen molar-refractivity contribution in [3.8, 4) is 17.2 Å². The molecule has 4 rings (SSSR count). The Kier molecular flexibility index (Phi) is 6.95. The molecule has 0 aliphatic carbocycles. The van der Waals surface area contributed by atoms with Crippen LogP contribution in [0.25, 0.3) is 17.2 Å². The quantitative estimate of drug-likeness (QED) is 0.359. The molecule has 0 spiro atoms. The molecule has 8 nitrogen and oxygen atoms in total. The first-order valence-electron chi connectivity index (χ1n) is 12.3. The lowest BCUT2D eigenvalue weighted by molar-refractivity contribution is 0.557. The molecule has 8 heteroatoms. The molecule has 34 heavy (non-hydrogen) atoms. The highest BCUT2D eigenvalue weighted by Gasteiger charge is 2.23. The van der Waals surface area contributed by atoms with Crippen molar-refractivity contribution in [2.24, 2.45) is 0 Å². The number of tetrazole rings is 1. The summed E-state index contributed by atoms with van der Waals surface area (Å²) in [5.41, 5.74) is 4.38. The highest BCUT2D eigenvalue weighted by molar-refractivity contribution is 5.57. The van der Waals surface area contributed by atoms with Crippen molar-refractivity contribution < 1.29 is 0 Å². The molecule has 0 bridgehead atoms. The molecule has 0 amide bonds. The van der Waals surface area contributed by atoms with Crippen LogP contribution < -0.4 is 0 Å². The van der Waals surface area contributed by atoms with Gasteiger partial charge in [-0.15, -0.1) is 5.10 Å². The van der Waals surface area contributed by atoms with E-state index in [9.17, 15) is 0 Å². The smallest absolute Gasteiger partial charge is 0.196 e. The van der Waals surface area contributed by atoms with Crippen LogP contribution in [0.4, 0.5) is 0 Å². The number of nitrogens with zero attached hydrogens (tertiary/aromatic N) is 7. The summed E-state index contributed by atoms with van der Waals surface area (Å²) in [6.07, 6.45) is 4.26. The largest absolute Gasteiger partial charge is 0.310 e. The Balaban J connectivity index is 1.66. The first kappa shape index (κ1) is 23.9. The number of rotatable bonds is 9. The lowest BCUT2D eigenvalue weighted by Crippen LogP contribution is -2.17. The van der Waals surface area contributed by atoms with Gasteiger partial charge in [-0.25, -0.2) is 14.8 Å². The summed E-state index contributed by atoms with van der Waals surface area (Å²) < 4.78 is 4.32. The summed E-state index contributed by atoms with van der Waals surface area (Å²) in [6.45, 7) is 14.0. The zero-order valence-electron chi connectivity index (χ0n) is 21.2. The fourth-order valence-electron chi connectivity index (χ4n) is 4.18. The van der Waals surface area contributed by atoms with Gasteiger partial charge in [0.15, 0.2) is 11.6 Å². The average Bonchev–Trinajstić information content (AvgIpc) is 3.56. The fourth-order valence-corrected chi connectivity index (χ4v) is 4.18. The number of benzene rings is 1. The second-order valence-electron chi connectivity index (χ2n) is 10.1. The van der Waals surface area contributed by atoms with Gasteiger partial charge in [0, 0.05) is 29.1 Å². The molecule has 0 saturated carbocycles. The summed E-state index contributed by atoms with van der Waals surface area (Å²) in [5.74, 6) is 3.08. The molecule has 3 heterocycles. The Labute approximate surface area is 201 Å². The molecular weight excluding hydrogens is 424 g/mol. The molecule has 3 aromatic heterocycles. The predicted octanol–water partition coefficient (Wildman–Crippen LogP) is 5.45. The zero-order valence-corrected chi connectivity index (χ0v) is 21.2. The van der Waals surface area contributed by atoms with E-state index < -0.39 is 0 Å². The minimum absolute atomic E-state index is 0.0365. The van der Waals surface area contributed by atoms with Crippen molar-refractivity contribution >= 4 is 0 Å². The fraction of sp³-hybridized carbons (Fsp3) is 0.500. The number of H-pyrrole nitrogens is 1. The highest BCUT2D eigenvalue weighted by Crippen LogP contribution is 2.31. The molecule has 1 aromatic carbocycles. The Morgan fingerprint density at radius 2 is 1.79 bits per heavy atom. The van der Waals surface area contributed by atoms with Gasteiger partial charge in [-0.1, -0.05) is 60.1 Å². The average molecular weight is 461 g/mol. The van der Waals surface area contributed by atoms with E-state index in [2.05, 4.69) is 108 Å². The summed E-state index contributed by atoms with van der Waals surface area (Å²) in [6, 6.07) is 12.9. The normalized spacial score (nSPS) is 12.9. The Hall–Kier alpha value is -3.29. The van der Waals surface area contributed by atoms with Gasteiger partial charge in [-0.3, -0.25) is 0 Å². The van der Waals surface area contributed by atoms with Gasteiger partial charge in [0.1, 0.15) is 5.82 Å². The van der Waals surface area contributed by atoms with Crippen LogP contribution in [-0.4, -0.2) is 40.0 Å². The SMILES string of the molecule is CCCCc1nc(C(C)CC)n(Cc2ccc(-n3c(-c4nnn[nH]4)ccc3C(C)(C)C)cc2)n1. The molecule has 1 N–H and O–H groups in total. The van der Waals surface area contributed by atoms with Crippen molar-refractivity contribution in [3.05, 3.63) is 59.3 Å². The van der Waals surface area contributed by atoms with Gasteiger partial charge >= 0.3 is 0 Å². The molecule has 0 radical (unpaired) electrons. The first-order valence-corrected chi connectivity index (χ1v) is 12.3. The monoisotopic (exact) mass is 460 g/mol. The third-order valence-corrected chi connectivity index (χ3v) is 6.32. The van der Waals surface area contributed by atoms with E-state index in [1.165, 1.54) is 11.3 Å². The number of hydrogen-bond acceptors (Lipinski definition) is 5. The van der Waals surface area contributed by atoms with Crippen molar-refractivity contribution in [1.82, 2.24) is 40.0 Å². The van der Waals surface area contributed by atoms with Crippen LogP contribution in [0.15, 0.2) is 36.4 Å². The van der Waals surface area contributed by atoms with Crippen LogP contribution in [0.3, 0.4) is 0 Å². The van der Waals surface area contributed by atoms with Crippen molar-refractivity contribution in [2.75, 3.05) is 0 Å². The number of unbranched alkanes of at least 4 members (excludes halogenated alkanes) is 1. The van der Waals surface area contributed by atoms with Crippen molar-refractivity contribution in [1.29, 1.82) is 0 Å². The summed E-state index contributed by atoms with van der Waals surface area (Å²) in [4.78, 5) is 4.88. The maximum atomic E-state index is 4.88. The molecule has 0 saturated heterocycles. The number of aromatic amines is 1. The number of hydrogen-bond donors (Lipinski definition) is 1. The maximum Gasteiger partial charge on any atom is 0.196 e. The maximum absolute atomic E-state index is 4.88. The zero-order chi connectivity index (χ0) is 24.3. The van der Waals surface area contributed by atoms with Gasteiger partial charge < -0.3 is 4.57 Å². The highest BCUT2D eigenvalue weighted by atomic mass is 15.5.